The van der Waals surface area contributed by atoms with E-state index in [-0.39, 0.29) is 44.2 Å². The number of hydrogen-bond donors (Lipinski definition) is 0. The number of carbonyl (C=O) groups is 1. The number of rotatable bonds is 8. The Morgan fingerprint density at radius 3 is 2.06 bits per heavy atom. The molecule has 1 unspecified atom stereocenters. The van der Waals surface area contributed by atoms with Crippen LogP contribution in [0.15, 0.2) is 78.9 Å². The van der Waals surface area contributed by atoms with E-state index in [1.54, 1.807) is 60.7 Å². The fourth-order valence-electron chi connectivity index (χ4n) is 6.40. The average molecular weight is 710 g/mol. The number of carbonyl (C=O) groups excluding carboxylic acids is 1. The van der Waals surface area contributed by atoms with Gasteiger partial charge in [0.05, 0.1) is 47.7 Å². The van der Waals surface area contributed by atoms with Gasteiger partial charge in [-0.1, -0.05) is 60.7 Å². The lowest BCUT2D eigenvalue weighted by atomic mass is 9.75. The van der Waals surface area contributed by atoms with Crippen molar-refractivity contribution in [3.63, 3.8) is 0 Å². The molecule has 2 heterocycles. The molecule has 3 atom stereocenters. The second-order valence-electron chi connectivity index (χ2n) is 12.2. The van der Waals surface area contributed by atoms with Crippen molar-refractivity contribution < 1.29 is 49.0 Å². The number of nitrogens with zero attached hydrogens (tertiary/aromatic N) is 3. The Hall–Kier alpha value is -4.13. The van der Waals surface area contributed by atoms with E-state index in [2.05, 4.69) is 6.07 Å². The van der Waals surface area contributed by atoms with Gasteiger partial charge >= 0.3 is 18.4 Å². The summed E-state index contributed by atoms with van der Waals surface area (Å²) in [5.74, 6) is -0.170. The standard InChI is InChI=1S/C34H33F6N3O5S/c1-24(26-17-28(33(35,36)37)19-29(18-26)34(38,39)40)48-23-32(27-11-6-3-7-12-27)14-13-31(21-41,43-15-8-16-49(43,45)46)22-42(32)30(44)47-20-25-9-4-2-5-10-25/h2-7,9-12,17-19,24H,8,13-16,20,22-23H2,1H3/t24-,31-,32?/m1/s1. The molecule has 2 fully saturated rings. The number of hydrogen-bond acceptors (Lipinski definition) is 6. The molecule has 15 heteroatoms. The van der Waals surface area contributed by atoms with Gasteiger partial charge in [0.1, 0.15) is 12.1 Å². The number of likely N-dealkylation sites (tertiary alicyclic amines) is 1. The Bertz CT molecular complexity index is 1770. The minimum Gasteiger partial charge on any atom is -0.445 e. The molecular formula is C34H33F6N3O5S. The minimum atomic E-state index is -5.07. The Morgan fingerprint density at radius 1 is 0.939 bits per heavy atom. The zero-order chi connectivity index (χ0) is 35.7. The number of nitriles is 1. The van der Waals surface area contributed by atoms with Crippen molar-refractivity contribution in [1.29, 1.82) is 5.26 Å². The van der Waals surface area contributed by atoms with Crippen LogP contribution in [-0.4, -0.2) is 54.7 Å². The summed E-state index contributed by atoms with van der Waals surface area (Å²) in [5, 5.41) is 10.5. The lowest BCUT2D eigenvalue weighted by molar-refractivity contribution is -0.143. The van der Waals surface area contributed by atoms with Crippen molar-refractivity contribution in [2.75, 3.05) is 25.4 Å². The maximum atomic E-state index is 14.1. The maximum absolute atomic E-state index is 14.1. The molecule has 3 aromatic carbocycles. The van der Waals surface area contributed by atoms with Gasteiger partial charge in [-0.2, -0.15) is 35.9 Å². The zero-order valence-electron chi connectivity index (χ0n) is 26.3. The van der Waals surface area contributed by atoms with E-state index < -0.39 is 75.5 Å². The van der Waals surface area contributed by atoms with E-state index in [1.165, 1.54) is 11.8 Å². The molecule has 3 aromatic rings. The molecule has 0 N–H and O–H groups in total. The molecule has 0 aromatic heterocycles. The fourth-order valence-corrected chi connectivity index (χ4v) is 8.25. The monoisotopic (exact) mass is 709 g/mol. The van der Waals surface area contributed by atoms with Gasteiger partial charge in [-0.25, -0.2) is 13.2 Å². The van der Waals surface area contributed by atoms with E-state index in [0.717, 1.165) is 4.31 Å². The number of halogens is 6. The molecule has 262 valence electrons. The maximum Gasteiger partial charge on any atom is 0.416 e. The molecule has 1 amide bonds. The SMILES string of the molecule is C[C@@H](OCC1(c2ccccc2)CC[C@](C#N)(N2CCCS2(=O)=O)CN1C(=O)OCc1ccccc1)c1cc(C(F)(F)F)cc(C(F)(F)F)c1. The topological polar surface area (TPSA) is 99.9 Å². The van der Waals surface area contributed by atoms with Crippen molar-refractivity contribution in [1.82, 2.24) is 9.21 Å². The van der Waals surface area contributed by atoms with Crippen molar-refractivity contribution >= 4 is 16.1 Å². The molecule has 49 heavy (non-hydrogen) atoms. The van der Waals surface area contributed by atoms with Crippen LogP contribution < -0.4 is 0 Å². The van der Waals surface area contributed by atoms with E-state index in [4.69, 9.17) is 9.47 Å². The van der Waals surface area contributed by atoms with Crippen LogP contribution in [0.2, 0.25) is 0 Å². The average Bonchev–Trinajstić information content (AvgIpc) is 3.45. The summed E-state index contributed by atoms with van der Waals surface area (Å²) in [6.07, 6.45) is -12.2. The third-order valence-electron chi connectivity index (χ3n) is 9.06. The first kappa shape index (κ1) is 36.2. The second kappa shape index (κ2) is 13.6. The highest BCUT2D eigenvalue weighted by atomic mass is 32.2. The molecule has 0 radical (unpaired) electrons. The molecule has 0 spiro atoms. The van der Waals surface area contributed by atoms with Gasteiger partial charge in [0.2, 0.25) is 10.0 Å². The normalized spacial score (nSPS) is 23.5. The molecule has 2 aliphatic heterocycles. The van der Waals surface area contributed by atoms with Gasteiger partial charge in [0, 0.05) is 6.54 Å². The Balaban J connectivity index is 1.56. The van der Waals surface area contributed by atoms with Crippen LogP contribution in [0.4, 0.5) is 31.1 Å². The summed E-state index contributed by atoms with van der Waals surface area (Å²) in [5.41, 5.74) is -5.42. The lowest BCUT2D eigenvalue weighted by Crippen LogP contribution is -2.66. The lowest BCUT2D eigenvalue weighted by Gasteiger charge is -2.53. The van der Waals surface area contributed by atoms with E-state index in [1.807, 2.05) is 0 Å². The molecule has 0 saturated carbocycles. The van der Waals surface area contributed by atoms with Gasteiger partial charge < -0.3 is 9.47 Å². The summed E-state index contributed by atoms with van der Waals surface area (Å²) in [6.45, 7) is 0.303. The highest BCUT2D eigenvalue weighted by molar-refractivity contribution is 7.89. The van der Waals surface area contributed by atoms with Gasteiger partial charge in [0.25, 0.3) is 0 Å². The number of ether oxygens (including phenoxy) is 2. The molecule has 8 nitrogen and oxygen atoms in total. The smallest absolute Gasteiger partial charge is 0.416 e. The Morgan fingerprint density at radius 2 is 1.53 bits per heavy atom. The van der Waals surface area contributed by atoms with Gasteiger partial charge in [-0.15, -0.1) is 0 Å². The van der Waals surface area contributed by atoms with Crippen LogP contribution in [0.1, 0.15) is 60.1 Å². The van der Waals surface area contributed by atoms with Crippen molar-refractivity contribution in [3.05, 3.63) is 107 Å². The molecule has 2 saturated heterocycles. The molecular weight excluding hydrogens is 676 g/mol. The quantitative estimate of drug-likeness (QED) is 0.226. The van der Waals surface area contributed by atoms with E-state index in [0.29, 0.717) is 23.3 Å². The molecule has 5 rings (SSSR count). The van der Waals surface area contributed by atoms with E-state index >= 15 is 0 Å². The Labute approximate surface area is 279 Å². The zero-order valence-corrected chi connectivity index (χ0v) is 27.1. The number of alkyl halides is 6. The van der Waals surface area contributed by atoms with Gasteiger partial charge in [-0.05, 0) is 61.1 Å². The molecule has 2 aliphatic rings. The van der Waals surface area contributed by atoms with Gasteiger partial charge in [0.15, 0.2) is 0 Å². The number of benzene rings is 3. The van der Waals surface area contributed by atoms with Crippen LogP contribution in [-0.2, 0) is 44.0 Å². The third kappa shape index (κ3) is 7.56. The summed E-state index contributed by atoms with van der Waals surface area (Å²) in [6, 6.07) is 20.4. The molecule has 0 bridgehead atoms. The number of sulfonamides is 1. The highest BCUT2D eigenvalue weighted by Gasteiger charge is 2.57. The highest BCUT2D eigenvalue weighted by Crippen LogP contribution is 2.46. The molecule has 0 aliphatic carbocycles. The van der Waals surface area contributed by atoms with Crippen LogP contribution in [0.25, 0.3) is 0 Å². The summed E-state index contributed by atoms with van der Waals surface area (Å²) < 4.78 is 121. The first-order valence-corrected chi connectivity index (χ1v) is 17.0. The van der Waals surface area contributed by atoms with Crippen LogP contribution >= 0.6 is 0 Å². The largest absolute Gasteiger partial charge is 0.445 e. The first-order chi connectivity index (χ1) is 23.0. The predicted molar refractivity (Wildman–Crippen MR) is 165 cm³/mol. The van der Waals surface area contributed by atoms with E-state index in [9.17, 15) is 44.8 Å². The Kier molecular flexibility index (Phi) is 10.1. The second-order valence-corrected chi connectivity index (χ2v) is 14.2. The number of amides is 1. The fraction of sp³-hybridized carbons (Fsp3) is 0.412. The minimum absolute atomic E-state index is 0.0289. The summed E-state index contributed by atoms with van der Waals surface area (Å²) in [4.78, 5) is 15.3. The van der Waals surface area contributed by atoms with Crippen molar-refractivity contribution in [2.45, 2.75) is 62.3 Å². The van der Waals surface area contributed by atoms with Crippen molar-refractivity contribution in [2.24, 2.45) is 0 Å². The van der Waals surface area contributed by atoms with Crippen molar-refractivity contribution in [3.8, 4) is 6.07 Å². The predicted octanol–water partition coefficient (Wildman–Crippen LogP) is 7.43. The van der Waals surface area contributed by atoms with Crippen LogP contribution in [0.5, 0.6) is 0 Å². The summed E-state index contributed by atoms with van der Waals surface area (Å²) >= 11 is 0. The van der Waals surface area contributed by atoms with Crippen LogP contribution in [0.3, 0.4) is 0 Å². The number of piperidine rings is 1. The summed E-state index contributed by atoms with van der Waals surface area (Å²) in [7, 11) is -3.84. The van der Waals surface area contributed by atoms with Gasteiger partial charge in [-0.3, -0.25) is 4.90 Å². The third-order valence-corrected chi connectivity index (χ3v) is 11.1. The van der Waals surface area contributed by atoms with Crippen LogP contribution in [0, 0.1) is 11.3 Å². The first-order valence-electron chi connectivity index (χ1n) is 15.4.